The van der Waals surface area contributed by atoms with Crippen molar-refractivity contribution in [1.82, 2.24) is 4.98 Å². The third-order valence-electron chi connectivity index (χ3n) is 3.41. The Morgan fingerprint density at radius 3 is 2.50 bits per heavy atom. The van der Waals surface area contributed by atoms with E-state index in [2.05, 4.69) is 4.98 Å². The van der Waals surface area contributed by atoms with Gasteiger partial charge in [0, 0.05) is 11.8 Å². The van der Waals surface area contributed by atoms with Crippen LogP contribution in [0.15, 0.2) is 18.5 Å². The van der Waals surface area contributed by atoms with E-state index in [1.54, 1.807) is 6.20 Å². The molecule has 1 aliphatic carbocycles. The SMILES string of the molecule is CC1(C)CCC1(O)c1cncc(F)c1. The largest absolute Gasteiger partial charge is 0.385 e. The zero-order valence-corrected chi connectivity index (χ0v) is 8.42. The summed E-state index contributed by atoms with van der Waals surface area (Å²) in [6.45, 7) is 3.98. The van der Waals surface area contributed by atoms with E-state index in [0.29, 0.717) is 12.0 Å². The summed E-state index contributed by atoms with van der Waals surface area (Å²) in [5.74, 6) is -0.390. The highest BCUT2D eigenvalue weighted by Crippen LogP contribution is 2.55. The molecule has 1 saturated carbocycles. The van der Waals surface area contributed by atoms with E-state index in [1.165, 1.54) is 6.07 Å². The van der Waals surface area contributed by atoms with Crippen LogP contribution in [0.2, 0.25) is 0 Å². The van der Waals surface area contributed by atoms with E-state index in [4.69, 9.17) is 0 Å². The second-order valence-electron chi connectivity index (χ2n) is 4.64. The molecule has 1 atom stereocenters. The van der Waals surface area contributed by atoms with Crippen LogP contribution in [0.5, 0.6) is 0 Å². The molecule has 0 aliphatic heterocycles. The first kappa shape index (κ1) is 9.59. The van der Waals surface area contributed by atoms with Crippen molar-refractivity contribution in [2.75, 3.05) is 0 Å². The molecule has 1 aliphatic rings. The molecule has 1 fully saturated rings. The minimum absolute atomic E-state index is 0.178. The van der Waals surface area contributed by atoms with Crippen molar-refractivity contribution in [3.05, 3.63) is 29.8 Å². The second-order valence-corrected chi connectivity index (χ2v) is 4.64. The van der Waals surface area contributed by atoms with Gasteiger partial charge in [0.1, 0.15) is 5.82 Å². The molecule has 1 aromatic heterocycles. The average Bonchev–Trinajstić information content (AvgIpc) is 2.15. The van der Waals surface area contributed by atoms with E-state index in [-0.39, 0.29) is 5.41 Å². The molecule has 0 saturated heterocycles. The smallest absolute Gasteiger partial charge is 0.141 e. The lowest BCUT2D eigenvalue weighted by atomic mass is 9.56. The molecule has 1 heterocycles. The normalized spacial score (nSPS) is 29.7. The predicted octanol–water partition coefficient (Wildman–Crippen LogP) is 2.23. The number of rotatable bonds is 1. The van der Waals surface area contributed by atoms with Crippen molar-refractivity contribution in [1.29, 1.82) is 0 Å². The highest BCUT2D eigenvalue weighted by Gasteiger charge is 2.53. The van der Waals surface area contributed by atoms with Crippen LogP contribution in [-0.2, 0) is 5.60 Å². The number of hydrogen-bond donors (Lipinski definition) is 1. The molecule has 76 valence electrons. The predicted molar refractivity (Wildman–Crippen MR) is 51.1 cm³/mol. The van der Waals surface area contributed by atoms with Crippen molar-refractivity contribution in [2.24, 2.45) is 5.41 Å². The van der Waals surface area contributed by atoms with Crippen molar-refractivity contribution >= 4 is 0 Å². The molecule has 0 aromatic carbocycles. The Balaban J connectivity index is 2.40. The van der Waals surface area contributed by atoms with Crippen LogP contribution in [0.25, 0.3) is 0 Å². The van der Waals surface area contributed by atoms with Gasteiger partial charge in [0.05, 0.1) is 11.8 Å². The molecule has 1 N–H and O–H groups in total. The lowest BCUT2D eigenvalue weighted by Crippen LogP contribution is -2.51. The minimum atomic E-state index is -0.901. The quantitative estimate of drug-likeness (QED) is 0.745. The standard InChI is InChI=1S/C11H14FNO/c1-10(2)3-4-11(10,14)8-5-9(12)7-13-6-8/h5-7,14H,3-4H2,1-2H3. The summed E-state index contributed by atoms with van der Waals surface area (Å²) in [6.07, 6.45) is 4.34. The Hall–Kier alpha value is -0.960. The van der Waals surface area contributed by atoms with Gasteiger partial charge in [0.25, 0.3) is 0 Å². The first-order valence-electron chi connectivity index (χ1n) is 4.79. The van der Waals surface area contributed by atoms with Crippen molar-refractivity contribution in [3.63, 3.8) is 0 Å². The van der Waals surface area contributed by atoms with E-state index < -0.39 is 11.4 Å². The van der Waals surface area contributed by atoms with E-state index >= 15 is 0 Å². The fraction of sp³-hybridized carbons (Fsp3) is 0.545. The van der Waals surface area contributed by atoms with Gasteiger partial charge in [0.2, 0.25) is 0 Å². The first-order chi connectivity index (χ1) is 6.46. The first-order valence-corrected chi connectivity index (χ1v) is 4.79. The summed E-state index contributed by atoms with van der Waals surface area (Å²) < 4.78 is 12.9. The zero-order valence-electron chi connectivity index (χ0n) is 8.42. The third-order valence-corrected chi connectivity index (χ3v) is 3.41. The maximum absolute atomic E-state index is 12.9. The maximum Gasteiger partial charge on any atom is 0.141 e. The fourth-order valence-corrected chi connectivity index (χ4v) is 2.03. The van der Waals surface area contributed by atoms with Gasteiger partial charge < -0.3 is 5.11 Å². The highest BCUT2D eigenvalue weighted by molar-refractivity contribution is 5.25. The van der Waals surface area contributed by atoms with Crippen LogP contribution < -0.4 is 0 Å². The van der Waals surface area contributed by atoms with Crippen LogP contribution in [0, 0.1) is 11.2 Å². The van der Waals surface area contributed by atoms with Gasteiger partial charge >= 0.3 is 0 Å². The Kier molecular flexibility index (Phi) is 1.89. The van der Waals surface area contributed by atoms with Crippen molar-refractivity contribution < 1.29 is 9.50 Å². The Labute approximate surface area is 82.8 Å². The number of aromatic nitrogens is 1. The molecule has 0 amide bonds. The van der Waals surface area contributed by atoms with Gasteiger partial charge in [-0.2, -0.15) is 0 Å². The maximum atomic E-state index is 12.9. The molecule has 2 rings (SSSR count). The van der Waals surface area contributed by atoms with Crippen molar-refractivity contribution in [2.45, 2.75) is 32.3 Å². The summed E-state index contributed by atoms with van der Waals surface area (Å²) in [7, 11) is 0. The summed E-state index contributed by atoms with van der Waals surface area (Å²) in [5.41, 5.74) is -0.487. The number of aliphatic hydroxyl groups is 1. The summed E-state index contributed by atoms with van der Waals surface area (Å²) >= 11 is 0. The summed E-state index contributed by atoms with van der Waals surface area (Å²) in [4.78, 5) is 3.76. The van der Waals surface area contributed by atoms with Crippen LogP contribution in [0.3, 0.4) is 0 Å². The van der Waals surface area contributed by atoms with Crippen LogP contribution >= 0.6 is 0 Å². The van der Waals surface area contributed by atoms with Crippen molar-refractivity contribution in [3.8, 4) is 0 Å². The molecule has 3 heteroatoms. The molecule has 0 bridgehead atoms. The molecule has 1 aromatic rings. The number of halogens is 1. The van der Waals surface area contributed by atoms with Gasteiger partial charge in [-0.1, -0.05) is 13.8 Å². The third kappa shape index (κ3) is 1.16. The topological polar surface area (TPSA) is 33.1 Å². The summed E-state index contributed by atoms with van der Waals surface area (Å²) in [6, 6.07) is 1.37. The monoisotopic (exact) mass is 195 g/mol. The molecular weight excluding hydrogens is 181 g/mol. The van der Waals surface area contributed by atoms with Gasteiger partial charge in [-0.3, -0.25) is 4.98 Å². The molecule has 1 unspecified atom stereocenters. The lowest BCUT2D eigenvalue weighted by Gasteiger charge is -2.52. The second kappa shape index (κ2) is 2.76. The van der Waals surface area contributed by atoms with Crippen LogP contribution in [0.4, 0.5) is 4.39 Å². The van der Waals surface area contributed by atoms with E-state index in [1.807, 2.05) is 13.8 Å². The van der Waals surface area contributed by atoms with Crippen LogP contribution in [0.1, 0.15) is 32.3 Å². The van der Waals surface area contributed by atoms with Gasteiger partial charge in [-0.15, -0.1) is 0 Å². The van der Waals surface area contributed by atoms with E-state index in [0.717, 1.165) is 12.6 Å². The van der Waals surface area contributed by atoms with E-state index in [9.17, 15) is 9.50 Å². The number of hydrogen-bond acceptors (Lipinski definition) is 2. The summed E-state index contributed by atoms with van der Waals surface area (Å²) in [5, 5.41) is 10.3. The van der Waals surface area contributed by atoms with Crippen LogP contribution in [-0.4, -0.2) is 10.1 Å². The fourth-order valence-electron chi connectivity index (χ4n) is 2.03. The zero-order chi connectivity index (χ0) is 10.4. The lowest BCUT2D eigenvalue weighted by molar-refractivity contribution is -0.156. The molecule has 0 spiro atoms. The average molecular weight is 195 g/mol. The number of pyridine rings is 1. The molecule has 2 nitrogen and oxygen atoms in total. The van der Waals surface area contributed by atoms with Gasteiger partial charge in [0.15, 0.2) is 0 Å². The Morgan fingerprint density at radius 1 is 1.36 bits per heavy atom. The van der Waals surface area contributed by atoms with Gasteiger partial charge in [-0.25, -0.2) is 4.39 Å². The minimum Gasteiger partial charge on any atom is -0.385 e. The number of nitrogens with zero attached hydrogens (tertiary/aromatic N) is 1. The highest BCUT2D eigenvalue weighted by atomic mass is 19.1. The van der Waals surface area contributed by atoms with Gasteiger partial charge in [-0.05, 0) is 24.3 Å². The Bertz CT molecular complexity index is 364. The molecule has 14 heavy (non-hydrogen) atoms. The molecule has 0 radical (unpaired) electrons. The Morgan fingerprint density at radius 2 is 2.07 bits per heavy atom. The molecular formula is C11H14FNO.